The molecule has 0 atom stereocenters. The minimum atomic E-state index is -0.173. The zero-order valence-electron chi connectivity index (χ0n) is 22.3. The molecule has 5 rings (SSSR count). The van der Waals surface area contributed by atoms with Crippen molar-refractivity contribution in [1.29, 1.82) is 0 Å². The summed E-state index contributed by atoms with van der Waals surface area (Å²) in [5, 5.41) is 1.73. The third kappa shape index (κ3) is 5.37. The van der Waals surface area contributed by atoms with Crippen molar-refractivity contribution in [2.24, 2.45) is 0 Å². The van der Waals surface area contributed by atoms with Crippen LogP contribution in [0, 0.1) is 0 Å². The molecule has 3 aromatic rings. The van der Waals surface area contributed by atoms with E-state index in [1.165, 1.54) is 4.90 Å². The lowest BCUT2D eigenvalue weighted by Crippen LogP contribution is -2.47. The van der Waals surface area contributed by atoms with Gasteiger partial charge in [-0.25, -0.2) is 0 Å². The number of amides is 3. The summed E-state index contributed by atoms with van der Waals surface area (Å²) in [6, 6.07) is 21.6. The molecule has 0 spiro atoms. The Morgan fingerprint density at radius 3 is 2.00 bits per heavy atom. The van der Waals surface area contributed by atoms with E-state index in [1.54, 1.807) is 0 Å². The molecule has 2 aliphatic heterocycles. The predicted molar refractivity (Wildman–Crippen MR) is 151 cm³/mol. The molecule has 2 aliphatic rings. The molecule has 0 aliphatic carbocycles. The number of para-hydroxylation sites is 1. The first-order valence-electron chi connectivity index (χ1n) is 14.1. The monoisotopic (exact) mass is 511 g/mol. The molecule has 0 radical (unpaired) electrons. The SMILES string of the molecule is CCC(=O)N(c1ccccc1)C1CCN(CCCCCCN2C(=O)c3cccc4cccc(c34)C2=O)CC1. The number of rotatable bonds is 10. The number of unbranched alkanes of at least 4 members (excludes halogenated alkanes) is 3. The maximum absolute atomic E-state index is 13.0. The fourth-order valence-electron chi connectivity index (χ4n) is 5.96. The van der Waals surface area contributed by atoms with E-state index in [-0.39, 0.29) is 23.8 Å². The van der Waals surface area contributed by atoms with Gasteiger partial charge in [0.15, 0.2) is 0 Å². The quantitative estimate of drug-likeness (QED) is 0.251. The summed E-state index contributed by atoms with van der Waals surface area (Å²) in [6.07, 6.45) is 6.50. The third-order valence-corrected chi connectivity index (χ3v) is 7.99. The molecular weight excluding hydrogens is 474 g/mol. The van der Waals surface area contributed by atoms with Crippen molar-refractivity contribution in [2.75, 3.05) is 31.1 Å². The summed E-state index contributed by atoms with van der Waals surface area (Å²) < 4.78 is 0. The van der Waals surface area contributed by atoms with E-state index in [4.69, 9.17) is 0 Å². The topological polar surface area (TPSA) is 60.9 Å². The summed E-state index contributed by atoms with van der Waals surface area (Å²) in [5.74, 6) is -0.151. The van der Waals surface area contributed by atoms with E-state index in [9.17, 15) is 14.4 Å². The number of carbonyl (C=O) groups excluding carboxylic acids is 3. The maximum atomic E-state index is 13.0. The summed E-state index contributed by atoms with van der Waals surface area (Å²) >= 11 is 0. The number of piperidine rings is 1. The molecule has 1 fully saturated rings. The van der Waals surface area contributed by atoms with Crippen LogP contribution in [0.5, 0.6) is 0 Å². The Balaban J connectivity index is 1.05. The molecule has 6 heteroatoms. The van der Waals surface area contributed by atoms with Gasteiger partial charge in [-0.05, 0) is 61.9 Å². The highest BCUT2D eigenvalue weighted by molar-refractivity contribution is 6.25. The van der Waals surface area contributed by atoms with E-state index in [1.807, 2.05) is 78.6 Å². The second-order valence-corrected chi connectivity index (χ2v) is 10.4. The van der Waals surface area contributed by atoms with E-state index in [0.29, 0.717) is 24.1 Å². The Kier molecular flexibility index (Phi) is 8.18. The molecule has 3 aromatic carbocycles. The number of benzene rings is 3. The fraction of sp³-hybridized carbons (Fsp3) is 0.406. The normalized spacial score (nSPS) is 16.3. The smallest absolute Gasteiger partial charge is 0.261 e. The van der Waals surface area contributed by atoms with Gasteiger partial charge in [0.05, 0.1) is 0 Å². The van der Waals surface area contributed by atoms with Crippen molar-refractivity contribution >= 4 is 34.2 Å². The Morgan fingerprint density at radius 1 is 0.789 bits per heavy atom. The molecule has 6 nitrogen and oxygen atoms in total. The number of nitrogens with zero attached hydrogens (tertiary/aromatic N) is 3. The van der Waals surface area contributed by atoms with Gasteiger partial charge in [-0.1, -0.05) is 62.2 Å². The highest BCUT2D eigenvalue weighted by Gasteiger charge is 2.32. The number of carbonyl (C=O) groups is 3. The largest absolute Gasteiger partial charge is 0.309 e. The molecule has 0 saturated carbocycles. The molecule has 0 unspecified atom stereocenters. The van der Waals surface area contributed by atoms with Crippen LogP contribution in [-0.4, -0.2) is 59.7 Å². The van der Waals surface area contributed by atoms with Crippen molar-refractivity contribution in [2.45, 2.75) is 57.9 Å². The molecule has 38 heavy (non-hydrogen) atoms. The molecule has 1 saturated heterocycles. The molecule has 3 amide bonds. The Morgan fingerprint density at radius 2 is 1.39 bits per heavy atom. The first kappa shape index (κ1) is 26.1. The minimum Gasteiger partial charge on any atom is -0.309 e. The summed E-state index contributed by atoms with van der Waals surface area (Å²) in [4.78, 5) is 44.7. The van der Waals surface area contributed by atoms with Crippen LogP contribution in [0.4, 0.5) is 5.69 Å². The fourth-order valence-corrected chi connectivity index (χ4v) is 5.96. The molecule has 2 heterocycles. The van der Waals surface area contributed by atoms with E-state index >= 15 is 0 Å². The number of likely N-dealkylation sites (tertiary alicyclic amines) is 1. The van der Waals surface area contributed by atoms with Crippen LogP contribution in [0.2, 0.25) is 0 Å². The van der Waals surface area contributed by atoms with Gasteiger partial charge in [0.2, 0.25) is 5.91 Å². The van der Waals surface area contributed by atoms with Crippen LogP contribution in [-0.2, 0) is 4.79 Å². The van der Waals surface area contributed by atoms with Gasteiger partial charge in [-0.3, -0.25) is 19.3 Å². The Labute approximate surface area is 225 Å². The van der Waals surface area contributed by atoms with Gasteiger partial charge in [-0.2, -0.15) is 0 Å². The van der Waals surface area contributed by atoms with Gasteiger partial charge in [0, 0.05) is 54.3 Å². The molecular formula is C32H37N3O3. The number of imide groups is 1. The first-order valence-corrected chi connectivity index (χ1v) is 14.1. The second-order valence-electron chi connectivity index (χ2n) is 10.4. The maximum Gasteiger partial charge on any atom is 0.261 e. The molecule has 0 bridgehead atoms. The van der Waals surface area contributed by atoms with E-state index in [2.05, 4.69) is 4.90 Å². The zero-order chi connectivity index (χ0) is 26.5. The molecule has 0 aromatic heterocycles. The summed E-state index contributed by atoms with van der Waals surface area (Å²) in [7, 11) is 0. The van der Waals surface area contributed by atoms with Gasteiger partial charge in [0.1, 0.15) is 0 Å². The van der Waals surface area contributed by atoms with Gasteiger partial charge in [0.25, 0.3) is 11.8 Å². The van der Waals surface area contributed by atoms with Crippen LogP contribution in [0.3, 0.4) is 0 Å². The lowest BCUT2D eigenvalue weighted by atomic mass is 9.94. The van der Waals surface area contributed by atoms with Crippen molar-refractivity contribution in [3.05, 3.63) is 77.9 Å². The van der Waals surface area contributed by atoms with Crippen molar-refractivity contribution in [3.8, 4) is 0 Å². The van der Waals surface area contributed by atoms with Crippen molar-refractivity contribution < 1.29 is 14.4 Å². The standard InChI is InChI=1S/C32H37N3O3/c1-2-29(36)35(25-14-6-5-7-15-25)26-18-22-33(23-19-26)20-8-3-4-9-21-34-31(37)27-16-10-12-24-13-11-17-28(30(24)27)32(34)38/h5-7,10-17,26H,2-4,8-9,18-23H2,1H3. The van der Waals surface area contributed by atoms with Gasteiger partial charge in [-0.15, -0.1) is 0 Å². The number of hydrogen-bond donors (Lipinski definition) is 0. The lowest BCUT2D eigenvalue weighted by molar-refractivity contribution is -0.119. The van der Waals surface area contributed by atoms with E-state index in [0.717, 1.165) is 74.6 Å². The van der Waals surface area contributed by atoms with Gasteiger partial charge < -0.3 is 9.80 Å². The van der Waals surface area contributed by atoms with E-state index < -0.39 is 0 Å². The van der Waals surface area contributed by atoms with Crippen LogP contribution in [0.25, 0.3) is 10.8 Å². The Bertz CT molecular complexity index is 1250. The van der Waals surface area contributed by atoms with Crippen molar-refractivity contribution in [1.82, 2.24) is 9.80 Å². The minimum absolute atomic E-state index is 0.173. The number of hydrogen-bond acceptors (Lipinski definition) is 4. The van der Waals surface area contributed by atoms with Crippen LogP contribution in [0.1, 0.15) is 72.6 Å². The Hall–Kier alpha value is -3.51. The highest BCUT2D eigenvalue weighted by atomic mass is 16.2. The number of anilines is 1. The van der Waals surface area contributed by atoms with Crippen LogP contribution >= 0.6 is 0 Å². The average molecular weight is 512 g/mol. The predicted octanol–water partition coefficient (Wildman–Crippen LogP) is 5.90. The van der Waals surface area contributed by atoms with Crippen LogP contribution in [0.15, 0.2) is 66.7 Å². The first-order chi connectivity index (χ1) is 18.6. The van der Waals surface area contributed by atoms with Gasteiger partial charge >= 0.3 is 0 Å². The van der Waals surface area contributed by atoms with Crippen LogP contribution < -0.4 is 4.90 Å². The zero-order valence-corrected chi connectivity index (χ0v) is 22.3. The molecule has 198 valence electrons. The summed E-state index contributed by atoms with van der Waals surface area (Å²) in [6.45, 7) is 5.47. The van der Waals surface area contributed by atoms with Crippen molar-refractivity contribution in [3.63, 3.8) is 0 Å². The second kappa shape index (κ2) is 11.9. The third-order valence-electron chi connectivity index (χ3n) is 7.99. The lowest BCUT2D eigenvalue weighted by Gasteiger charge is -2.38. The highest BCUT2D eigenvalue weighted by Crippen LogP contribution is 2.30. The average Bonchev–Trinajstić information content (AvgIpc) is 2.96. The molecule has 0 N–H and O–H groups in total. The summed E-state index contributed by atoms with van der Waals surface area (Å²) in [5.41, 5.74) is 2.27.